The topological polar surface area (TPSA) is 117 Å². The third kappa shape index (κ3) is 3.71. The van der Waals surface area contributed by atoms with Gasteiger partial charge >= 0.3 is 0 Å². The Hall–Kier alpha value is -3.89. The van der Waals surface area contributed by atoms with Crippen molar-refractivity contribution < 1.29 is 18.4 Å². The first-order valence-corrected chi connectivity index (χ1v) is 11.5. The van der Waals surface area contributed by atoms with Crippen molar-refractivity contribution in [3.63, 3.8) is 0 Å². The Morgan fingerprint density at radius 3 is 2.71 bits per heavy atom. The van der Waals surface area contributed by atoms with Crippen LogP contribution in [0.3, 0.4) is 0 Å². The summed E-state index contributed by atoms with van der Waals surface area (Å²) < 4.78 is 30.8. The number of hydrogen-bond donors (Lipinski definition) is 3. The van der Waals surface area contributed by atoms with Crippen LogP contribution < -0.4 is 10.6 Å². The van der Waals surface area contributed by atoms with E-state index >= 15 is 4.39 Å². The highest BCUT2D eigenvalue weighted by atomic mass is 19.1. The summed E-state index contributed by atoms with van der Waals surface area (Å²) in [6.07, 6.45) is 7.46. The summed E-state index contributed by atoms with van der Waals surface area (Å²) in [4.78, 5) is 32.7. The van der Waals surface area contributed by atoms with Crippen LogP contribution in [0.1, 0.15) is 43.4 Å². The summed E-state index contributed by atoms with van der Waals surface area (Å²) >= 11 is 0. The zero-order chi connectivity index (χ0) is 24.4. The van der Waals surface area contributed by atoms with Gasteiger partial charge in [0.15, 0.2) is 11.5 Å². The average molecular weight is 479 g/mol. The van der Waals surface area contributed by atoms with E-state index in [1.165, 1.54) is 13.1 Å². The molecular formula is C24H23F2N7O2. The van der Waals surface area contributed by atoms with Gasteiger partial charge in [0.2, 0.25) is 11.8 Å². The van der Waals surface area contributed by atoms with Crippen molar-refractivity contribution in [1.29, 1.82) is 0 Å². The number of fused-ring (bicyclic) bond motifs is 2. The normalized spacial score (nSPS) is 20.2. The number of halogens is 2. The monoisotopic (exact) mass is 479 g/mol. The van der Waals surface area contributed by atoms with E-state index in [4.69, 9.17) is 0 Å². The molecule has 2 saturated carbocycles. The third-order valence-corrected chi connectivity index (χ3v) is 6.78. The van der Waals surface area contributed by atoms with E-state index in [-0.39, 0.29) is 18.2 Å². The molecule has 0 bridgehead atoms. The van der Waals surface area contributed by atoms with E-state index in [9.17, 15) is 14.0 Å². The van der Waals surface area contributed by atoms with Gasteiger partial charge < -0.3 is 15.0 Å². The molecule has 0 aliphatic heterocycles. The molecule has 6 rings (SSSR count). The fourth-order valence-corrected chi connectivity index (χ4v) is 4.74. The third-order valence-electron chi connectivity index (χ3n) is 6.78. The molecule has 180 valence electrons. The number of nitrogens with one attached hydrogen (secondary N) is 3. The Kier molecular flexibility index (Phi) is 4.83. The molecule has 9 nitrogen and oxygen atoms in total. The summed E-state index contributed by atoms with van der Waals surface area (Å²) in [5.41, 5.74) is 2.89. The number of aromatic nitrogens is 5. The van der Waals surface area contributed by atoms with Crippen LogP contribution in [0.4, 0.5) is 14.6 Å². The summed E-state index contributed by atoms with van der Waals surface area (Å²) in [6, 6.07) is -0.436. The number of anilines is 1. The molecule has 2 amide bonds. The van der Waals surface area contributed by atoms with Crippen molar-refractivity contribution >= 4 is 34.2 Å². The number of aromatic amines is 1. The minimum absolute atomic E-state index is 0.183. The second kappa shape index (κ2) is 7.82. The van der Waals surface area contributed by atoms with Gasteiger partial charge in [-0.3, -0.25) is 19.7 Å². The number of nitrogens with zero attached hydrogens (tertiary/aromatic N) is 4. The number of carbonyl (C=O) groups is 2. The molecule has 2 aliphatic carbocycles. The van der Waals surface area contributed by atoms with Crippen molar-refractivity contribution in [2.24, 2.45) is 11.8 Å². The first kappa shape index (κ1) is 21.6. The van der Waals surface area contributed by atoms with E-state index in [1.54, 1.807) is 29.9 Å². The largest absolute Gasteiger partial charge is 0.349 e. The first-order chi connectivity index (χ1) is 16.8. The van der Waals surface area contributed by atoms with Crippen LogP contribution in [-0.4, -0.2) is 42.6 Å². The lowest BCUT2D eigenvalue weighted by molar-refractivity contribution is -0.120. The summed E-state index contributed by atoms with van der Waals surface area (Å²) in [5, 5.41) is 13.3. The molecular weight excluding hydrogens is 456 g/mol. The number of carbonyl (C=O) groups excluding carboxylic acids is 2. The molecule has 3 N–H and O–H groups in total. The van der Waals surface area contributed by atoms with Crippen LogP contribution in [-0.2, 0) is 9.59 Å². The highest BCUT2D eigenvalue weighted by Gasteiger charge is 2.44. The average Bonchev–Trinajstić information content (AvgIpc) is 3.70. The fourth-order valence-electron chi connectivity index (χ4n) is 4.74. The standard InChI is InChI=1S/C24H23F2N7O2/c1-10-19(14-6-28-32-23(14)20(21(10)26)22(12-3-4-12)29-11(2)34)16-8-33-9-17(30-18(33)7-27-16)31-24(35)13-5-15(13)25/h6-9,12-13,15,22H,3-5H2,1-2H3,(H,28,32)(H,29,34)(H,31,35). The lowest BCUT2D eigenvalue weighted by Gasteiger charge is -2.22. The van der Waals surface area contributed by atoms with Crippen molar-refractivity contribution in [2.45, 2.75) is 45.3 Å². The van der Waals surface area contributed by atoms with Gasteiger partial charge in [0, 0.05) is 29.6 Å². The zero-order valence-electron chi connectivity index (χ0n) is 19.1. The molecule has 3 aromatic heterocycles. The molecule has 3 heterocycles. The van der Waals surface area contributed by atoms with Crippen molar-refractivity contribution in [3.05, 3.63) is 41.7 Å². The van der Waals surface area contributed by atoms with E-state index < -0.39 is 29.9 Å². The number of amides is 2. The molecule has 11 heteroatoms. The Balaban J connectivity index is 1.42. The van der Waals surface area contributed by atoms with Crippen LogP contribution in [0.25, 0.3) is 27.8 Å². The second-order valence-electron chi connectivity index (χ2n) is 9.41. The lowest BCUT2D eigenvalue weighted by atomic mass is 9.91. The van der Waals surface area contributed by atoms with E-state index in [1.807, 2.05) is 0 Å². The molecule has 0 saturated heterocycles. The SMILES string of the molecule is CC(=O)NC(c1c(F)c(C)c(-c2cn3cc(NC(=O)C4CC4F)nc3cn2)c2cn[nH]c12)C1CC1. The molecule has 1 aromatic carbocycles. The Morgan fingerprint density at radius 2 is 2.03 bits per heavy atom. The van der Waals surface area contributed by atoms with Crippen molar-refractivity contribution in [3.8, 4) is 11.3 Å². The van der Waals surface area contributed by atoms with Gasteiger partial charge in [-0.2, -0.15) is 5.10 Å². The highest BCUT2D eigenvalue weighted by molar-refractivity contribution is 5.98. The number of rotatable bonds is 6. The molecule has 35 heavy (non-hydrogen) atoms. The number of benzene rings is 1. The summed E-state index contributed by atoms with van der Waals surface area (Å²) in [5.74, 6) is -1.16. The highest BCUT2D eigenvalue weighted by Crippen LogP contribution is 2.46. The lowest BCUT2D eigenvalue weighted by Crippen LogP contribution is -2.28. The van der Waals surface area contributed by atoms with Crippen LogP contribution in [0.2, 0.25) is 0 Å². The van der Waals surface area contributed by atoms with Gasteiger partial charge in [-0.1, -0.05) is 0 Å². The Labute approximate surface area is 198 Å². The van der Waals surface area contributed by atoms with Gasteiger partial charge in [0.05, 0.1) is 41.8 Å². The van der Waals surface area contributed by atoms with Gasteiger partial charge in [0.25, 0.3) is 0 Å². The van der Waals surface area contributed by atoms with Gasteiger partial charge in [0.1, 0.15) is 12.0 Å². The smallest absolute Gasteiger partial charge is 0.231 e. The number of alkyl halides is 1. The first-order valence-electron chi connectivity index (χ1n) is 11.5. The number of hydrogen-bond acceptors (Lipinski definition) is 5. The van der Waals surface area contributed by atoms with Crippen LogP contribution in [0.5, 0.6) is 0 Å². The Morgan fingerprint density at radius 1 is 1.26 bits per heavy atom. The van der Waals surface area contributed by atoms with E-state index in [2.05, 4.69) is 30.8 Å². The Bertz CT molecular complexity index is 1510. The number of H-pyrrole nitrogens is 1. The van der Waals surface area contributed by atoms with Gasteiger partial charge in [-0.05, 0) is 37.7 Å². The molecule has 3 unspecified atom stereocenters. The number of imidazole rings is 1. The predicted molar refractivity (Wildman–Crippen MR) is 124 cm³/mol. The zero-order valence-corrected chi connectivity index (χ0v) is 19.1. The quantitative estimate of drug-likeness (QED) is 0.391. The van der Waals surface area contributed by atoms with Gasteiger partial charge in [-0.15, -0.1) is 0 Å². The van der Waals surface area contributed by atoms with Crippen molar-refractivity contribution in [2.75, 3.05) is 5.32 Å². The minimum atomic E-state index is -1.09. The fraction of sp³-hybridized carbons (Fsp3) is 0.375. The van der Waals surface area contributed by atoms with Crippen LogP contribution in [0.15, 0.2) is 24.8 Å². The summed E-state index contributed by atoms with van der Waals surface area (Å²) in [6.45, 7) is 3.12. The maximum absolute atomic E-state index is 15.9. The van der Waals surface area contributed by atoms with E-state index in [0.29, 0.717) is 44.8 Å². The second-order valence-corrected chi connectivity index (χ2v) is 9.41. The molecule has 2 fully saturated rings. The van der Waals surface area contributed by atoms with Crippen LogP contribution >= 0.6 is 0 Å². The van der Waals surface area contributed by atoms with Crippen molar-refractivity contribution in [1.82, 2.24) is 29.9 Å². The summed E-state index contributed by atoms with van der Waals surface area (Å²) in [7, 11) is 0. The van der Waals surface area contributed by atoms with E-state index in [0.717, 1.165) is 12.8 Å². The molecule has 2 aliphatic rings. The molecule has 3 atom stereocenters. The van der Waals surface area contributed by atoms with Gasteiger partial charge in [-0.25, -0.2) is 13.8 Å². The molecule has 4 aromatic rings. The molecule has 0 radical (unpaired) electrons. The van der Waals surface area contributed by atoms with Crippen LogP contribution in [0, 0.1) is 24.6 Å². The maximum atomic E-state index is 15.9. The minimum Gasteiger partial charge on any atom is -0.349 e. The molecule has 0 spiro atoms. The predicted octanol–water partition coefficient (Wildman–Crippen LogP) is 3.60. The maximum Gasteiger partial charge on any atom is 0.231 e.